The highest BCUT2D eigenvalue weighted by atomic mass is 16.5. The summed E-state index contributed by atoms with van der Waals surface area (Å²) in [4.78, 5) is 2.23. The maximum atomic E-state index is 5.85. The standard InChI is InChI=1S/C18H23NO/c1-19(2)14-8-11-16-9-6-7-10-17(16)15-20-18-12-4-3-5-13-18/h3-7,9-10,12-13H,8,11,14-15H2,1-2H3. The van der Waals surface area contributed by atoms with Crippen LogP contribution in [0.5, 0.6) is 5.75 Å². The first kappa shape index (κ1) is 14.6. The van der Waals surface area contributed by atoms with Crippen molar-refractivity contribution in [2.45, 2.75) is 19.4 Å². The number of hydrogen-bond acceptors (Lipinski definition) is 2. The van der Waals surface area contributed by atoms with Crippen molar-refractivity contribution in [2.75, 3.05) is 20.6 Å². The highest BCUT2D eigenvalue weighted by Crippen LogP contribution is 2.16. The topological polar surface area (TPSA) is 12.5 Å². The molecule has 0 heterocycles. The quantitative estimate of drug-likeness (QED) is 0.759. The fourth-order valence-corrected chi connectivity index (χ4v) is 2.21. The van der Waals surface area contributed by atoms with Gasteiger partial charge in [0.05, 0.1) is 0 Å². The molecule has 0 saturated carbocycles. The number of benzene rings is 2. The second-order valence-corrected chi connectivity index (χ2v) is 5.28. The second-order valence-electron chi connectivity index (χ2n) is 5.28. The summed E-state index contributed by atoms with van der Waals surface area (Å²) in [5.41, 5.74) is 2.68. The van der Waals surface area contributed by atoms with Crippen LogP contribution in [0.3, 0.4) is 0 Å². The minimum absolute atomic E-state index is 0.641. The van der Waals surface area contributed by atoms with Crippen LogP contribution in [0.25, 0.3) is 0 Å². The number of aryl methyl sites for hydroxylation is 1. The van der Waals surface area contributed by atoms with Crippen molar-refractivity contribution in [1.29, 1.82) is 0 Å². The molecular weight excluding hydrogens is 246 g/mol. The molecule has 0 unspecified atom stereocenters. The molecule has 2 rings (SSSR count). The summed E-state index contributed by atoms with van der Waals surface area (Å²) < 4.78 is 5.85. The van der Waals surface area contributed by atoms with Gasteiger partial charge in [0.1, 0.15) is 12.4 Å². The molecule has 0 N–H and O–H groups in total. The molecule has 0 aliphatic rings. The molecule has 0 fully saturated rings. The zero-order chi connectivity index (χ0) is 14.2. The molecular formula is C18H23NO. The van der Waals surface area contributed by atoms with Crippen LogP contribution in [-0.2, 0) is 13.0 Å². The number of ether oxygens (including phenoxy) is 1. The zero-order valence-corrected chi connectivity index (χ0v) is 12.4. The maximum absolute atomic E-state index is 5.85. The molecule has 0 radical (unpaired) electrons. The molecule has 2 aromatic carbocycles. The molecule has 0 amide bonds. The molecule has 0 atom stereocenters. The van der Waals surface area contributed by atoms with E-state index in [1.165, 1.54) is 17.5 Å². The molecule has 0 aliphatic carbocycles. The van der Waals surface area contributed by atoms with Gasteiger partial charge in [-0.25, -0.2) is 0 Å². The van der Waals surface area contributed by atoms with Crippen LogP contribution in [0.15, 0.2) is 54.6 Å². The molecule has 2 heteroatoms. The van der Waals surface area contributed by atoms with E-state index in [0.717, 1.165) is 18.7 Å². The van der Waals surface area contributed by atoms with Gasteiger partial charge >= 0.3 is 0 Å². The van der Waals surface area contributed by atoms with Crippen LogP contribution < -0.4 is 4.74 Å². The normalized spacial score (nSPS) is 10.8. The first-order valence-corrected chi connectivity index (χ1v) is 7.15. The monoisotopic (exact) mass is 269 g/mol. The average Bonchev–Trinajstić information content (AvgIpc) is 2.47. The van der Waals surface area contributed by atoms with Crippen LogP contribution in [0.4, 0.5) is 0 Å². The first-order chi connectivity index (χ1) is 9.75. The Labute approximate surface area is 122 Å². The van der Waals surface area contributed by atoms with E-state index in [4.69, 9.17) is 4.74 Å². The number of rotatable bonds is 7. The Balaban J connectivity index is 1.93. The molecule has 0 spiro atoms. The summed E-state index contributed by atoms with van der Waals surface area (Å²) in [6.45, 7) is 1.76. The fraction of sp³-hybridized carbons (Fsp3) is 0.333. The maximum Gasteiger partial charge on any atom is 0.119 e. The first-order valence-electron chi connectivity index (χ1n) is 7.15. The van der Waals surface area contributed by atoms with Crippen LogP contribution in [0.2, 0.25) is 0 Å². The van der Waals surface area contributed by atoms with E-state index in [1.54, 1.807) is 0 Å². The van der Waals surface area contributed by atoms with Crippen LogP contribution in [0, 0.1) is 0 Å². The van der Waals surface area contributed by atoms with E-state index in [2.05, 4.69) is 43.3 Å². The zero-order valence-electron chi connectivity index (χ0n) is 12.4. The highest BCUT2D eigenvalue weighted by molar-refractivity contribution is 5.28. The van der Waals surface area contributed by atoms with E-state index in [-0.39, 0.29) is 0 Å². The van der Waals surface area contributed by atoms with E-state index >= 15 is 0 Å². The van der Waals surface area contributed by atoms with Crippen LogP contribution in [0.1, 0.15) is 17.5 Å². The molecule has 106 valence electrons. The van der Waals surface area contributed by atoms with Gasteiger partial charge in [0, 0.05) is 0 Å². The Bertz CT molecular complexity index is 508. The van der Waals surface area contributed by atoms with Gasteiger partial charge in [-0.3, -0.25) is 0 Å². The number of hydrogen-bond donors (Lipinski definition) is 0. The third kappa shape index (κ3) is 4.71. The summed E-state index contributed by atoms with van der Waals surface area (Å²) >= 11 is 0. The van der Waals surface area contributed by atoms with Gasteiger partial charge in [-0.2, -0.15) is 0 Å². The summed E-state index contributed by atoms with van der Waals surface area (Å²) in [5, 5.41) is 0. The lowest BCUT2D eigenvalue weighted by Crippen LogP contribution is -2.14. The Hall–Kier alpha value is -1.80. The van der Waals surface area contributed by atoms with Crippen molar-refractivity contribution in [3.8, 4) is 5.75 Å². The van der Waals surface area contributed by atoms with Gasteiger partial charge in [0.2, 0.25) is 0 Å². The van der Waals surface area contributed by atoms with E-state index in [9.17, 15) is 0 Å². The highest BCUT2D eigenvalue weighted by Gasteiger charge is 2.03. The van der Waals surface area contributed by atoms with Crippen molar-refractivity contribution in [3.63, 3.8) is 0 Å². The summed E-state index contributed by atoms with van der Waals surface area (Å²) in [7, 11) is 4.23. The van der Waals surface area contributed by atoms with Gasteiger partial charge in [0.15, 0.2) is 0 Å². The van der Waals surface area contributed by atoms with E-state index in [0.29, 0.717) is 6.61 Å². The van der Waals surface area contributed by atoms with Crippen molar-refractivity contribution >= 4 is 0 Å². The van der Waals surface area contributed by atoms with E-state index < -0.39 is 0 Å². The molecule has 0 aliphatic heterocycles. The van der Waals surface area contributed by atoms with Gasteiger partial charge in [0.25, 0.3) is 0 Å². The molecule has 20 heavy (non-hydrogen) atoms. The lowest BCUT2D eigenvalue weighted by molar-refractivity contribution is 0.304. The summed E-state index contributed by atoms with van der Waals surface area (Å²) in [6, 6.07) is 18.5. The molecule has 2 nitrogen and oxygen atoms in total. The molecule has 0 bridgehead atoms. The van der Waals surface area contributed by atoms with Crippen molar-refractivity contribution in [3.05, 3.63) is 65.7 Å². The predicted molar refractivity (Wildman–Crippen MR) is 84.1 cm³/mol. The van der Waals surface area contributed by atoms with Crippen molar-refractivity contribution in [1.82, 2.24) is 4.90 Å². The predicted octanol–water partition coefficient (Wildman–Crippen LogP) is 3.76. The smallest absolute Gasteiger partial charge is 0.119 e. The Morgan fingerprint density at radius 1 is 0.850 bits per heavy atom. The summed E-state index contributed by atoms with van der Waals surface area (Å²) in [6.07, 6.45) is 2.28. The van der Waals surface area contributed by atoms with Crippen LogP contribution >= 0.6 is 0 Å². The molecule has 0 saturated heterocycles. The third-order valence-electron chi connectivity index (χ3n) is 3.31. The van der Waals surface area contributed by atoms with Crippen molar-refractivity contribution < 1.29 is 4.74 Å². The molecule has 0 aromatic heterocycles. The number of nitrogens with zero attached hydrogens (tertiary/aromatic N) is 1. The van der Waals surface area contributed by atoms with Crippen LogP contribution in [-0.4, -0.2) is 25.5 Å². The summed E-state index contributed by atoms with van der Waals surface area (Å²) in [5.74, 6) is 0.926. The minimum Gasteiger partial charge on any atom is -0.489 e. The lowest BCUT2D eigenvalue weighted by Gasteiger charge is -2.13. The van der Waals surface area contributed by atoms with Gasteiger partial charge < -0.3 is 9.64 Å². The SMILES string of the molecule is CN(C)CCCc1ccccc1COc1ccccc1. The third-order valence-corrected chi connectivity index (χ3v) is 3.31. The van der Waals surface area contributed by atoms with Gasteiger partial charge in [-0.05, 0) is 56.7 Å². The largest absolute Gasteiger partial charge is 0.489 e. The van der Waals surface area contributed by atoms with Gasteiger partial charge in [-0.15, -0.1) is 0 Å². The Kier molecular flexibility index (Phi) is 5.63. The van der Waals surface area contributed by atoms with Gasteiger partial charge in [-0.1, -0.05) is 42.5 Å². The number of para-hydroxylation sites is 1. The van der Waals surface area contributed by atoms with E-state index in [1.807, 2.05) is 30.3 Å². The fourth-order valence-electron chi connectivity index (χ4n) is 2.21. The molecule has 2 aromatic rings. The Morgan fingerprint density at radius 2 is 1.50 bits per heavy atom. The lowest BCUT2D eigenvalue weighted by atomic mass is 10.0. The second kappa shape index (κ2) is 7.71. The van der Waals surface area contributed by atoms with Crippen molar-refractivity contribution in [2.24, 2.45) is 0 Å². The average molecular weight is 269 g/mol. The minimum atomic E-state index is 0.641. The Morgan fingerprint density at radius 3 is 2.20 bits per heavy atom.